The van der Waals surface area contributed by atoms with Gasteiger partial charge in [-0.05, 0) is 20.3 Å². The van der Waals surface area contributed by atoms with Crippen LogP contribution in [0.2, 0.25) is 0 Å². The van der Waals surface area contributed by atoms with Gasteiger partial charge in [-0.3, -0.25) is 0 Å². The van der Waals surface area contributed by atoms with Gasteiger partial charge in [0.15, 0.2) is 0 Å². The first kappa shape index (κ1) is 16.3. The maximum Gasteiger partial charge on any atom is 0.429 e. The molecule has 0 aliphatic heterocycles. The van der Waals surface area contributed by atoms with Crippen LogP contribution in [-0.2, 0) is 9.47 Å². The van der Waals surface area contributed by atoms with E-state index in [4.69, 9.17) is 9.47 Å². The monoisotopic (exact) mass is 258 g/mol. The van der Waals surface area contributed by atoms with E-state index in [1.165, 1.54) is 0 Å². The molecule has 0 fully saturated rings. The third-order valence-corrected chi connectivity index (χ3v) is 1.90. The molecule has 6 nitrogen and oxygen atoms in total. The van der Waals surface area contributed by atoms with Crippen molar-refractivity contribution in [2.75, 3.05) is 19.8 Å². The lowest BCUT2D eigenvalue weighted by Gasteiger charge is -2.20. The fourth-order valence-electron chi connectivity index (χ4n) is 1.11. The number of hydrazine groups is 1. The van der Waals surface area contributed by atoms with Gasteiger partial charge in [-0.25, -0.2) is 20.0 Å². The van der Waals surface area contributed by atoms with Crippen LogP contribution in [0.1, 0.15) is 33.6 Å². The van der Waals surface area contributed by atoms with Crippen LogP contribution in [0.3, 0.4) is 0 Å². The number of ether oxygens (including phenoxy) is 2. The summed E-state index contributed by atoms with van der Waals surface area (Å²) < 4.78 is 9.53. The van der Waals surface area contributed by atoms with Crippen LogP contribution in [0.25, 0.3) is 0 Å². The quantitative estimate of drug-likeness (QED) is 0.587. The molecular weight excluding hydrogens is 236 g/mol. The Morgan fingerprint density at radius 3 is 2.33 bits per heavy atom. The first-order valence-electron chi connectivity index (χ1n) is 6.18. The fraction of sp³-hybridized carbons (Fsp3) is 0.667. The molecule has 2 amide bonds. The van der Waals surface area contributed by atoms with Gasteiger partial charge in [-0.15, -0.1) is 0 Å². The molecule has 1 N–H and O–H groups in total. The van der Waals surface area contributed by atoms with Crippen LogP contribution < -0.4 is 5.43 Å². The Bertz CT molecular complexity index is 279. The van der Waals surface area contributed by atoms with Gasteiger partial charge in [-0.1, -0.05) is 25.5 Å². The predicted octanol–water partition coefficient (Wildman–Crippen LogP) is 2.46. The molecule has 0 spiro atoms. The van der Waals surface area contributed by atoms with E-state index in [0.29, 0.717) is 0 Å². The highest BCUT2D eigenvalue weighted by Gasteiger charge is 2.16. The van der Waals surface area contributed by atoms with E-state index in [0.717, 1.165) is 17.9 Å². The summed E-state index contributed by atoms with van der Waals surface area (Å²) in [6.45, 7) is 6.19. The average Bonchev–Trinajstić information content (AvgIpc) is 2.33. The second-order valence-electron chi connectivity index (χ2n) is 3.40. The smallest absolute Gasteiger partial charge is 0.429 e. The van der Waals surface area contributed by atoms with E-state index >= 15 is 0 Å². The summed E-state index contributed by atoms with van der Waals surface area (Å²) in [6, 6.07) is 0. The zero-order valence-corrected chi connectivity index (χ0v) is 11.3. The van der Waals surface area contributed by atoms with E-state index in [2.05, 4.69) is 12.3 Å². The van der Waals surface area contributed by atoms with Crippen molar-refractivity contribution in [1.82, 2.24) is 10.4 Å². The molecular formula is C12H22N2O4. The third kappa shape index (κ3) is 7.54. The highest BCUT2D eigenvalue weighted by Crippen LogP contribution is 1.95. The number of unbranched alkanes of at least 4 members (excludes halogenated alkanes) is 1. The van der Waals surface area contributed by atoms with Gasteiger partial charge in [0.05, 0.1) is 19.8 Å². The molecule has 6 heteroatoms. The van der Waals surface area contributed by atoms with Crippen LogP contribution in [0.4, 0.5) is 9.59 Å². The number of amides is 2. The summed E-state index contributed by atoms with van der Waals surface area (Å²) >= 11 is 0. The number of carbonyl (C=O) groups excluding carboxylic acids is 2. The summed E-state index contributed by atoms with van der Waals surface area (Å²) in [5.74, 6) is 0. The van der Waals surface area contributed by atoms with Gasteiger partial charge >= 0.3 is 12.2 Å². The number of hydrogen-bond acceptors (Lipinski definition) is 4. The number of rotatable bonds is 6. The molecule has 0 heterocycles. The van der Waals surface area contributed by atoms with Crippen molar-refractivity contribution in [3.63, 3.8) is 0 Å². The van der Waals surface area contributed by atoms with E-state index in [1.54, 1.807) is 19.9 Å². The summed E-state index contributed by atoms with van der Waals surface area (Å²) in [6.07, 6.45) is 4.42. The minimum atomic E-state index is -0.672. The molecule has 0 atom stereocenters. The highest BCUT2D eigenvalue weighted by molar-refractivity contribution is 5.74. The molecule has 0 saturated carbocycles. The number of nitrogens with zero attached hydrogens (tertiary/aromatic N) is 1. The summed E-state index contributed by atoms with van der Waals surface area (Å²) in [7, 11) is 0. The number of carbonyl (C=O) groups is 2. The van der Waals surface area contributed by atoms with Crippen molar-refractivity contribution in [2.24, 2.45) is 0 Å². The standard InChI is InChI=1S/C12H22N2O4/c1-4-7-8-9-10-14(12(16)18-6-3)13-11(15)17-5-2/h8-9H,4-7,10H2,1-3H3,(H,13,15). The molecule has 0 aromatic heterocycles. The Labute approximate surface area is 108 Å². The van der Waals surface area contributed by atoms with Crippen LogP contribution >= 0.6 is 0 Å². The van der Waals surface area contributed by atoms with Gasteiger partial charge in [0.2, 0.25) is 0 Å². The van der Waals surface area contributed by atoms with Gasteiger partial charge in [-0.2, -0.15) is 0 Å². The van der Waals surface area contributed by atoms with E-state index in [1.807, 2.05) is 6.08 Å². The molecule has 0 aliphatic rings. The van der Waals surface area contributed by atoms with E-state index in [-0.39, 0.29) is 19.8 Å². The van der Waals surface area contributed by atoms with Gasteiger partial charge in [0.25, 0.3) is 0 Å². The first-order chi connectivity index (χ1) is 8.65. The lowest BCUT2D eigenvalue weighted by molar-refractivity contribution is 0.0791. The Balaban J connectivity index is 4.32. The molecule has 0 aromatic rings. The molecule has 0 rings (SSSR count). The normalized spacial score (nSPS) is 10.2. The summed E-state index contributed by atoms with van der Waals surface area (Å²) in [5.41, 5.74) is 2.33. The first-order valence-corrected chi connectivity index (χ1v) is 6.18. The second kappa shape index (κ2) is 10.4. The topological polar surface area (TPSA) is 67.9 Å². The van der Waals surface area contributed by atoms with E-state index in [9.17, 15) is 9.59 Å². The van der Waals surface area contributed by atoms with Crippen LogP contribution in [0.15, 0.2) is 12.2 Å². The Kier molecular flexibility index (Phi) is 9.44. The zero-order valence-electron chi connectivity index (χ0n) is 11.3. The summed E-state index contributed by atoms with van der Waals surface area (Å²) in [5, 5.41) is 1.08. The fourth-order valence-corrected chi connectivity index (χ4v) is 1.11. The Morgan fingerprint density at radius 1 is 1.11 bits per heavy atom. The molecule has 0 aromatic carbocycles. The van der Waals surface area contributed by atoms with Crippen molar-refractivity contribution in [3.8, 4) is 0 Å². The van der Waals surface area contributed by atoms with Crippen molar-refractivity contribution < 1.29 is 19.1 Å². The minimum Gasteiger partial charge on any atom is -0.449 e. The Hall–Kier alpha value is -1.72. The molecule has 0 saturated heterocycles. The van der Waals surface area contributed by atoms with Gasteiger partial charge in [0.1, 0.15) is 0 Å². The maximum absolute atomic E-state index is 11.5. The lowest BCUT2D eigenvalue weighted by Crippen LogP contribution is -2.46. The van der Waals surface area contributed by atoms with Crippen LogP contribution in [-0.4, -0.2) is 37.0 Å². The highest BCUT2D eigenvalue weighted by atomic mass is 16.6. The van der Waals surface area contributed by atoms with Crippen molar-refractivity contribution in [3.05, 3.63) is 12.2 Å². The summed E-state index contributed by atoms with van der Waals surface area (Å²) in [4.78, 5) is 22.8. The van der Waals surface area contributed by atoms with E-state index < -0.39 is 12.2 Å². The van der Waals surface area contributed by atoms with Crippen molar-refractivity contribution >= 4 is 12.2 Å². The van der Waals surface area contributed by atoms with Crippen LogP contribution in [0, 0.1) is 0 Å². The predicted molar refractivity (Wildman–Crippen MR) is 67.9 cm³/mol. The Morgan fingerprint density at radius 2 is 1.78 bits per heavy atom. The number of nitrogens with one attached hydrogen (secondary N) is 1. The van der Waals surface area contributed by atoms with Crippen LogP contribution in [0.5, 0.6) is 0 Å². The molecule has 0 aliphatic carbocycles. The molecule has 0 bridgehead atoms. The maximum atomic E-state index is 11.5. The SMILES string of the molecule is CCCC=CCN(NC(=O)OCC)C(=O)OCC. The number of allylic oxidation sites excluding steroid dienone is 1. The van der Waals surface area contributed by atoms with Gasteiger partial charge < -0.3 is 9.47 Å². The molecule has 104 valence electrons. The largest absolute Gasteiger partial charge is 0.449 e. The molecule has 0 radical (unpaired) electrons. The minimum absolute atomic E-state index is 0.244. The van der Waals surface area contributed by atoms with Crippen molar-refractivity contribution in [2.45, 2.75) is 33.6 Å². The van der Waals surface area contributed by atoms with Crippen molar-refractivity contribution in [1.29, 1.82) is 0 Å². The third-order valence-electron chi connectivity index (χ3n) is 1.90. The second-order valence-corrected chi connectivity index (χ2v) is 3.40. The zero-order chi connectivity index (χ0) is 13.8. The number of hydrogen-bond donors (Lipinski definition) is 1. The lowest BCUT2D eigenvalue weighted by atomic mass is 10.3. The molecule has 0 unspecified atom stereocenters. The molecule has 18 heavy (non-hydrogen) atoms. The average molecular weight is 258 g/mol. The van der Waals surface area contributed by atoms with Gasteiger partial charge in [0, 0.05) is 0 Å².